The van der Waals surface area contributed by atoms with Gasteiger partial charge in [0.25, 0.3) is 0 Å². The van der Waals surface area contributed by atoms with Crippen LogP contribution in [0.15, 0.2) is 25.0 Å². The standard InChI is InChI=1S/C5H6O2/c1-2-5(7)3-4-6/h2-4,6H,1H2. The number of allylic oxidation sites excluding steroid dienone is 2. The molecule has 0 aromatic rings. The summed E-state index contributed by atoms with van der Waals surface area (Å²) < 4.78 is 0. The number of ketones is 1. The Morgan fingerprint density at radius 1 is 1.71 bits per heavy atom. The Labute approximate surface area is 41.8 Å². The lowest BCUT2D eigenvalue weighted by Crippen LogP contribution is -1.80. The topological polar surface area (TPSA) is 37.3 Å². The summed E-state index contributed by atoms with van der Waals surface area (Å²) in [5.74, 6) is -0.289. The molecule has 0 aliphatic carbocycles. The van der Waals surface area contributed by atoms with Crippen molar-refractivity contribution in [3.63, 3.8) is 0 Å². The molecule has 0 saturated heterocycles. The van der Waals surface area contributed by atoms with Crippen LogP contribution in [0.1, 0.15) is 0 Å². The largest absolute Gasteiger partial charge is 0.515 e. The molecule has 0 aromatic carbocycles. The van der Waals surface area contributed by atoms with Gasteiger partial charge in [-0.2, -0.15) is 0 Å². The number of hydrogen-bond donors (Lipinski definition) is 1. The molecule has 7 heavy (non-hydrogen) atoms. The van der Waals surface area contributed by atoms with Crippen LogP contribution in [0.3, 0.4) is 0 Å². The SMILES string of the molecule is C=CC(=O)C=CO. The summed E-state index contributed by atoms with van der Waals surface area (Å²) in [6.45, 7) is 3.17. The van der Waals surface area contributed by atoms with E-state index in [0.717, 1.165) is 12.2 Å². The van der Waals surface area contributed by atoms with E-state index in [4.69, 9.17) is 5.11 Å². The predicted octanol–water partition coefficient (Wildman–Crippen LogP) is 0.813. The zero-order valence-corrected chi connectivity index (χ0v) is 3.79. The molecule has 0 atom stereocenters. The fraction of sp³-hybridized carbons (Fsp3) is 0. The molecule has 2 nitrogen and oxygen atoms in total. The highest BCUT2D eigenvalue weighted by Gasteiger charge is 1.79. The van der Waals surface area contributed by atoms with Crippen molar-refractivity contribution in [3.05, 3.63) is 25.0 Å². The molecule has 0 saturated carbocycles. The number of rotatable bonds is 2. The minimum absolute atomic E-state index is 0.289. The maximum Gasteiger partial charge on any atom is 0.181 e. The van der Waals surface area contributed by atoms with Crippen LogP contribution < -0.4 is 0 Å². The number of carbonyl (C=O) groups is 1. The van der Waals surface area contributed by atoms with Crippen LogP contribution in [0.4, 0.5) is 0 Å². The van der Waals surface area contributed by atoms with E-state index >= 15 is 0 Å². The fourth-order valence-corrected chi connectivity index (χ4v) is 0.142. The summed E-state index contributed by atoms with van der Waals surface area (Å²) in [6, 6.07) is 0. The Hall–Kier alpha value is -1.05. The lowest BCUT2D eigenvalue weighted by Gasteiger charge is -1.71. The van der Waals surface area contributed by atoms with E-state index in [-0.39, 0.29) is 5.78 Å². The Morgan fingerprint density at radius 2 is 2.29 bits per heavy atom. The molecule has 0 aliphatic rings. The van der Waals surface area contributed by atoms with Gasteiger partial charge in [0.1, 0.15) is 0 Å². The van der Waals surface area contributed by atoms with Gasteiger partial charge in [0.15, 0.2) is 5.78 Å². The molecule has 0 unspecified atom stereocenters. The summed E-state index contributed by atoms with van der Waals surface area (Å²) in [6.07, 6.45) is 2.82. The second-order valence-electron chi connectivity index (χ2n) is 0.922. The molecule has 0 aromatic heterocycles. The third-order valence-electron chi connectivity index (χ3n) is 0.440. The van der Waals surface area contributed by atoms with E-state index in [9.17, 15) is 4.79 Å². The maximum absolute atomic E-state index is 10.0. The maximum atomic E-state index is 10.0. The molecule has 0 rings (SSSR count). The van der Waals surface area contributed by atoms with Gasteiger partial charge < -0.3 is 5.11 Å². The Kier molecular flexibility index (Phi) is 2.68. The van der Waals surface area contributed by atoms with Gasteiger partial charge in [0.05, 0.1) is 6.26 Å². The van der Waals surface area contributed by atoms with Gasteiger partial charge in [0.2, 0.25) is 0 Å². The monoisotopic (exact) mass is 98.0 g/mol. The van der Waals surface area contributed by atoms with Gasteiger partial charge in [0, 0.05) is 6.08 Å². The van der Waals surface area contributed by atoms with E-state index in [1.807, 2.05) is 0 Å². The summed E-state index contributed by atoms with van der Waals surface area (Å²) in [5.41, 5.74) is 0. The molecule has 0 spiro atoms. The van der Waals surface area contributed by atoms with E-state index < -0.39 is 0 Å². The quantitative estimate of drug-likeness (QED) is 0.410. The molecule has 0 radical (unpaired) electrons. The first-order valence-corrected chi connectivity index (χ1v) is 1.78. The molecular weight excluding hydrogens is 92.1 g/mol. The van der Waals surface area contributed by atoms with Gasteiger partial charge in [-0.1, -0.05) is 6.58 Å². The smallest absolute Gasteiger partial charge is 0.181 e. The van der Waals surface area contributed by atoms with Crippen LogP contribution in [0.5, 0.6) is 0 Å². The van der Waals surface area contributed by atoms with Crippen molar-refractivity contribution in [3.8, 4) is 0 Å². The molecule has 2 heteroatoms. The first-order chi connectivity index (χ1) is 3.31. The van der Waals surface area contributed by atoms with Crippen LogP contribution in [0.25, 0.3) is 0 Å². The van der Waals surface area contributed by atoms with Crippen LogP contribution in [0, 0.1) is 0 Å². The number of aliphatic hydroxyl groups excluding tert-OH is 1. The number of hydrogen-bond acceptors (Lipinski definition) is 2. The molecule has 0 bridgehead atoms. The van der Waals surface area contributed by atoms with Crippen molar-refractivity contribution in [2.24, 2.45) is 0 Å². The third-order valence-corrected chi connectivity index (χ3v) is 0.440. The average molecular weight is 98.1 g/mol. The summed E-state index contributed by atoms with van der Waals surface area (Å²) >= 11 is 0. The van der Waals surface area contributed by atoms with E-state index in [2.05, 4.69) is 6.58 Å². The van der Waals surface area contributed by atoms with Gasteiger partial charge in [-0.15, -0.1) is 0 Å². The highest BCUT2D eigenvalue weighted by Crippen LogP contribution is 1.72. The molecule has 0 aliphatic heterocycles. The molecule has 0 fully saturated rings. The summed E-state index contributed by atoms with van der Waals surface area (Å²) in [5, 5.41) is 7.92. The molecule has 38 valence electrons. The van der Waals surface area contributed by atoms with Crippen LogP contribution in [-0.4, -0.2) is 10.9 Å². The van der Waals surface area contributed by atoms with Crippen LogP contribution in [0.2, 0.25) is 0 Å². The van der Waals surface area contributed by atoms with E-state index in [0.29, 0.717) is 6.26 Å². The molecular formula is C5H6O2. The van der Waals surface area contributed by atoms with E-state index in [1.165, 1.54) is 0 Å². The Morgan fingerprint density at radius 3 is 2.43 bits per heavy atom. The predicted molar refractivity (Wildman–Crippen MR) is 27.0 cm³/mol. The second kappa shape index (κ2) is 3.15. The first-order valence-electron chi connectivity index (χ1n) is 1.78. The Bertz CT molecular complexity index is 103. The fourth-order valence-electron chi connectivity index (χ4n) is 0.142. The highest BCUT2D eigenvalue weighted by molar-refractivity contribution is 5.98. The third kappa shape index (κ3) is 2.76. The molecule has 1 N–H and O–H groups in total. The minimum Gasteiger partial charge on any atom is -0.515 e. The van der Waals surface area contributed by atoms with Crippen LogP contribution >= 0.6 is 0 Å². The summed E-state index contributed by atoms with van der Waals surface area (Å²) in [7, 11) is 0. The van der Waals surface area contributed by atoms with Gasteiger partial charge in [-0.3, -0.25) is 4.79 Å². The number of aliphatic hydroxyl groups is 1. The van der Waals surface area contributed by atoms with Crippen molar-refractivity contribution >= 4 is 5.78 Å². The molecule has 0 amide bonds. The van der Waals surface area contributed by atoms with E-state index in [1.54, 1.807) is 0 Å². The normalized spacial score (nSPS) is 9.14. The molecule has 0 heterocycles. The van der Waals surface area contributed by atoms with Gasteiger partial charge >= 0.3 is 0 Å². The second-order valence-corrected chi connectivity index (χ2v) is 0.922. The number of carbonyl (C=O) groups excluding carboxylic acids is 1. The zero-order valence-electron chi connectivity index (χ0n) is 3.79. The lowest BCUT2D eigenvalue weighted by molar-refractivity contribution is -0.110. The lowest BCUT2D eigenvalue weighted by atomic mass is 10.4. The van der Waals surface area contributed by atoms with Crippen molar-refractivity contribution in [2.45, 2.75) is 0 Å². The average Bonchev–Trinajstić information content (AvgIpc) is 1.68. The minimum atomic E-state index is -0.289. The Balaban J connectivity index is 3.58. The van der Waals surface area contributed by atoms with Crippen molar-refractivity contribution in [2.75, 3.05) is 0 Å². The van der Waals surface area contributed by atoms with Crippen molar-refractivity contribution in [1.82, 2.24) is 0 Å². The van der Waals surface area contributed by atoms with Crippen molar-refractivity contribution in [1.29, 1.82) is 0 Å². The first kappa shape index (κ1) is 5.95. The highest BCUT2D eigenvalue weighted by atomic mass is 16.2. The van der Waals surface area contributed by atoms with Crippen LogP contribution in [-0.2, 0) is 4.79 Å². The van der Waals surface area contributed by atoms with Gasteiger partial charge in [-0.25, -0.2) is 0 Å². The zero-order chi connectivity index (χ0) is 5.70. The summed E-state index contributed by atoms with van der Waals surface area (Å²) in [4.78, 5) is 10.0. The van der Waals surface area contributed by atoms with Crippen molar-refractivity contribution < 1.29 is 9.90 Å². The van der Waals surface area contributed by atoms with Gasteiger partial charge in [-0.05, 0) is 6.08 Å².